The molecule has 2 rings (SSSR count). The second-order valence-electron chi connectivity index (χ2n) is 5.74. The average molecular weight is 374 g/mol. The third-order valence-electron chi connectivity index (χ3n) is 3.45. The van der Waals surface area contributed by atoms with Crippen LogP contribution in [0.15, 0.2) is 48.5 Å². The van der Waals surface area contributed by atoms with Crippen molar-refractivity contribution in [1.82, 2.24) is 0 Å². The van der Waals surface area contributed by atoms with Crippen molar-refractivity contribution in [2.45, 2.75) is 33.1 Å². The highest BCUT2D eigenvalue weighted by Gasteiger charge is 2.10. The van der Waals surface area contributed by atoms with Crippen LogP contribution in [0.2, 0.25) is 0 Å². The van der Waals surface area contributed by atoms with E-state index in [2.05, 4.69) is 12.1 Å². The van der Waals surface area contributed by atoms with Gasteiger partial charge in [-0.05, 0) is 43.0 Å². The predicted octanol–water partition coefficient (Wildman–Crippen LogP) is 3.80. The van der Waals surface area contributed by atoms with Gasteiger partial charge in [-0.1, -0.05) is 30.3 Å². The van der Waals surface area contributed by atoms with Crippen LogP contribution in [0.5, 0.6) is 11.5 Å². The molecule has 1 unspecified atom stereocenters. The van der Waals surface area contributed by atoms with Crippen LogP contribution in [0.3, 0.4) is 0 Å². The first-order valence-electron chi connectivity index (χ1n) is 8.47. The van der Waals surface area contributed by atoms with E-state index in [1.807, 2.05) is 18.2 Å². The van der Waals surface area contributed by atoms with Crippen LogP contribution in [0.1, 0.15) is 32.3 Å². The number of carbonyl (C=O) groups is 2. The summed E-state index contributed by atoms with van der Waals surface area (Å²) in [5.74, 6) is 0.0279. The minimum absolute atomic E-state index is 0.00507. The first-order valence-corrected chi connectivity index (χ1v) is 9.38. The number of unbranched alkanes of at least 4 members (excludes halogenated alkanes) is 1. The van der Waals surface area contributed by atoms with Gasteiger partial charge in [0.15, 0.2) is 0 Å². The summed E-state index contributed by atoms with van der Waals surface area (Å²) in [6.07, 6.45) is 3.00. The summed E-state index contributed by atoms with van der Waals surface area (Å²) >= 11 is 0. The fourth-order valence-electron chi connectivity index (χ4n) is 2.34. The van der Waals surface area contributed by atoms with Crippen molar-refractivity contribution in [2.24, 2.45) is 0 Å². The molecular formula is C20H23O5P. The minimum Gasteiger partial charge on any atom is -0.427 e. The van der Waals surface area contributed by atoms with E-state index in [4.69, 9.17) is 14.0 Å². The molecule has 0 spiro atoms. The van der Waals surface area contributed by atoms with Gasteiger partial charge in [-0.15, -0.1) is 0 Å². The zero-order chi connectivity index (χ0) is 18.8. The van der Waals surface area contributed by atoms with Gasteiger partial charge in [-0.3, -0.25) is 9.59 Å². The Kier molecular flexibility index (Phi) is 8.26. The lowest BCUT2D eigenvalue weighted by Crippen LogP contribution is -2.11. The second-order valence-corrected chi connectivity index (χ2v) is 6.77. The van der Waals surface area contributed by atoms with Crippen LogP contribution in [0, 0.1) is 0 Å². The molecule has 26 heavy (non-hydrogen) atoms. The molecule has 0 amide bonds. The summed E-state index contributed by atoms with van der Waals surface area (Å²) < 4.78 is 16.0. The van der Waals surface area contributed by atoms with Crippen LogP contribution in [-0.2, 0) is 20.5 Å². The third-order valence-corrected chi connectivity index (χ3v) is 4.41. The molecule has 0 N–H and O–H groups in total. The molecule has 2 aromatic carbocycles. The van der Waals surface area contributed by atoms with Gasteiger partial charge in [0.25, 0.3) is 0 Å². The molecule has 0 aliphatic carbocycles. The molecule has 0 aromatic heterocycles. The molecule has 0 saturated heterocycles. The molecular weight excluding hydrogens is 351 g/mol. The zero-order valence-corrected chi connectivity index (χ0v) is 16.0. The molecule has 2 aromatic rings. The van der Waals surface area contributed by atoms with Crippen LogP contribution in [0.25, 0.3) is 0 Å². The van der Waals surface area contributed by atoms with Gasteiger partial charge in [-0.25, -0.2) is 0 Å². The van der Waals surface area contributed by atoms with E-state index < -0.39 is 11.9 Å². The zero-order valence-electron chi connectivity index (χ0n) is 15.0. The molecule has 0 radical (unpaired) electrons. The molecule has 0 fully saturated rings. The fraction of sp³-hybridized carbons (Fsp3) is 0.300. The maximum absolute atomic E-state index is 11.2. The van der Waals surface area contributed by atoms with E-state index in [1.54, 1.807) is 18.2 Å². The molecule has 0 saturated carbocycles. The highest BCUT2D eigenvalue weighted by atomic mass is 31.1. The molecule has 0 bridgehead atoms. The molecule has 0 heterocycles. The Bertz CT molecular complexity index is 730. The fourth-order valence-corrected chi connectivity index (χ4v) is 3.18. The number of hydrogen-bond acceptors (Lipinski definition) is 5. The van der Waals surface area contributed by atoms with E-state index in [0.29, 0.717) is 23.4 Å². The van der Waals surface area contributed by atoms with Crippen LogP contribution < -0.4 is 14.8 Å². The second kappa shape index (κ2) is 10.7. The van der Waals surface area contributed by atoms with E-state index >= 15 is 0 Å². The van der Waals surface area contributed by atoms with Gasteiger partial charge < -0.3 is 14.0 Å². The van der Waals surface area contributed by atoms with E-state index in [9.17, 15) is 9.59 Å². The lowest BCUT2D eigenvalue weighted by Gasteiger charge is -2.11. The van der Waals surface area contributed by atoms with Crippen molar-refractivity contribution < 1.29 is 23.6 Å². The van der Waals surface area contributed by atoms with Gasteiger partial charge in [0.1, 0.15) is 11.5 Å². The van der Waals surface area contributed by atoms with Crippen molar-refractivity contribution in [1.29, 1.82) is 0 Å². The highest BCUT2D eigenvalue weighted by molar-refractivity contribution is 7.42. The Hall–Kier alpha value is -2.23. The Morgan fingerprint density at radius 1 is 0.923 bits per heavy atom. The summed E-state index contributed by atoms with van der Waals surface area (Å²) in [6, 6.07) is 15.2. The van der Waals surface area contributed by atoms with Crippen LogP contribution in [-0.4, -0.2) is 18.5 Å². The Morgan fingerprint density at radius 2 is 1.65 bits per heavy atom. The third kappa shape index (κ3) is 7.34. The smallest absolute Gasteiger partial charge is 0.308 e. The molecule has 1 atom stereocenters. The number of carbonyl (C=O) groups excluding carboxylic acids is 2. The summed E-state index contributed by atoms with van der Waals surface area (Å²) in [7, 11) is 0.00507. The highest BCUT2D eigenvalue weighted by Crippen LogP contribution is 2.25. The quantitative estimate of drug-likeness (QED) is 0.289. The van der Waals surface area contributed by atoms with E-state index in [-0.39, 0.29) is 8.81 Å². The molecule has 5 nitrogen and oxygen atoms in total. The first kappa shape index (κ1) is 20.1. The van der Waals surface area contributed by atoms with E-state index in [1.165, 1.54) is 19.4 Å². The number of aryl methyl sites for hydroxylation is 1. The van der Waals surface area contributed by atoms with Gasteiger partial charge in [0.05, 0.1) is 6.61 Å². The van der Waals surface area contributed by atoms with Gasteiger partial charge >= 0.3 is 11.9 Å². The first-order chi connectivity index (χ1) is 12.5. The van der Waals surface area contributed by atoms with Gasteiger partial charge in [-0.2, -0.15) is 0 Å². The number of rotatable bonds is 9. The lowest BCUT2D eigenvalue weighted by atomic mass is 10.1. The van der Waals surface area contributed by atoms with Crippen molar-refractivity contribution in [2.75, 3.05) is 6.61 Å². The summed E-state index contributed by atoms with van der Waals surface area (Å²) in [4.78, 5) is 22.3. The monoisotopic (exact) mass is 374 g/mol. The number of benzene rings is 2. The van der Waals surface area contributed by atoms with Gasteiger partial charge in [0, 0.05) is 28.0 Å². The Balaban J connectivity index is 1.83. The maximum Gasteiger partial charge on any atom is 0.308 e. The normalized spacial score (nSPS) is 10.8. The van der Waals surface area contributed by atoms with Gasteiger partial charge in [0.2, 0.25) is 0 Å². The largest absolute Gasteiger partial charge is 0.427 e. The number of hydrogen-bond donors (Lipinski definition) is 0. The Morgan fingerprint density at radius 3 is 2.35 bits per heavy atom. The molecule has 138 valence electrons. The molecule has 0 aliphatic heterocycles. The summed E-state index contributed by atoms with van der Waals surface area (Å²) in [6.45, 7) is 3.30. The Labute approximate surface area is 155 Å². The number of ether oxygens (including phenoxy) is 2. The number of esters is 2. The van der Waals surface area contributed by atoms with Crippen molar-refractivity contribution in [3.63, 3.8) is 0 Å². The molecule has 0 aliphatic rings. The van der Waals surface area contributed by atoms with Crippen LogP contribution in [0.4, 0.5) is 0 Å². The maximum atomic E-state index is 11.2. The average Bonchev–Trinajstić information content (AvgIpc) is 2.60. The summed E-state index contributed by atoms with van der Waals surface area (Å²) in [5, 5.41) is 0.696. The topological polar surface area (TPSA) is 61.8 Å². The lowest BCUT2D eigenvalue weighted by molar-refractivity contribution is -0.133. The minimum atomic E-state index is -0.404. The van der Waals surface area contributed by atoms with Crippen LogP contribution >= 0.6 is 8.81 Å². The standard InChI is InChI=1S/C20H23O5P/c1-15(21)24-18-11-12-19(25-16(2)22)20(14-18)26-23-13-7-6-10-17-8-4-3-5-9-17/h3-5,8-9,11-12,14,26H,6-7,10,13H2,1-2H3. The summed E-state index contributed by atoms with van der Waals surface area (Å²) in [5.41, 5.74) is 1.32. The van der Waals surface area contributed by atoms with E-state index in [0.717, 1.165) is 19.3 Å². The molecule has 6 heteroatoms. The predicted molar refractivity (Wildman–Crippen MR) is 102 cm³/mol. The van der Waals surface area contributed by atoms with Crippen molar-refractivity contribution in [3.8, 4) is 11.5 Å². The van der Waals surface area contributed by atoms with Crippen molar-refractivity contribution >= 4 is 26.1 Å². The van der Waals surface area contributed by atoms with Crippen molar-refractivity contribution in [3.05, 3.63) is 54.1 Å². The SMILES string of the molecule is CC(=O)Oc1ccc(OC(C)=O)c(POCCCCc2ccccc2)c1.